The zero-order valence-corrected chi connectivity index (χ0v) is 23.9. The summed E-state index contributed by atoms with van der Waals surface area (Å²) in [4.78, 5) is 24.1. The lowest BCUT2D eigenvalue weighted by Crippen LogP contribution is -2.39. The van der Waals surface area contributed by atoms with E-state index in [1.54, 1.807) is 0 Å². The molecule has 0 aliphatic heterocycles. The number of benzene rings is 2. The first kappa shape index (κ1) is 28.3. The highest BCUT2D eigenvalue weighted by molar-refractivity contribution is 6.09. The van der Waals surface area contributed by atoms with Crippen molar-refractivity contribution in [2.24, 2.45) is 5.92 Å². The molecule has 0 spiro atoms. The molecule has 2 aromatic carbocycles. The zero-order valence-electron chi connectivity index (χ0n) is 23.9. The number of carbonyl (C=O) groups excluding carboxylic acids is 1. The van der Waals surface area contributed by atoms with Gasteiger partial charge < -0.3 is 15.1 Å². The molecule has 1 heterocycles. The van der Waals surface area contributed by atoms with Gasteiger partial charge >= 0.3 is 0 Å². The van der Waals surface area contributed by atoms with Gasteiger partial charge in [0, 0.05) is 29.1 Å². The predicted molar refractivity (Wildman–Crippen MR) is 159 cm³/mol. The van der Waals surface area contributed by atoms with Crippen molar-refractivity contribution in [2.75, 3.05) is 33.2 Å². The second kappa shape index (κ2) is 13.9. The Morgan fingerprint density at radius 1 is 0.974 bits per heavy atom. The van der Waals surface area contributed by atoms with E-state index in [0.717, 1.165) is 65.9 Å². The minimum absolute atomic E-state index is 0.0328. The molecule has 0 radical (unpaired) electrons. The summed E-state index contributed by atoms with van der Waals surface area (Å²) < 4.78 is 0. The summed E-state index contributed by atoms with van der Waals surface area (Å²) in [5.74, 6) is 0.589. The van der Waals surface area contributed by atoms with Crippen molar-refractivity contribution in [2.45, 2.75) is 71.9 Å². The van der Waals surface area contributed by atoms with Crippen molar-refractivity contribution >= 4 is 16.8 Å². The van der Waals surface area contributed by atoms with E-state index in [1.165, 1.54) is 32.1 Å². The maximum Gasteiger partial charge on any atom is 0.252 e. The van der Waals surface area contributed by atoms with Crippen LogP contribution in [0.25, 0.3) is 22.2 Å². The van der Waals surface area contributed by atoms with Crippen molar-refractivity contribution in [1.29, 1.82) is 0 Å². The first-order valence-electron chi connectivity index (χ1n) is 14.7. The molecule has 5 nitrogen and oxygen atoms in total. The second-order valence-electron chi connectivity index (χ2n) is 11.0. The summed E-state index contributed by atoms with van der Waals surface area (Å²) in [7, 11) is 2.17. The molecule has 1 fully saturated rings. The third-order valence-corrected chi connectivity index (χ3v) is 8.32. The Hall–Kier alpha value is -2.76. The van der Waals surface area contributed by atoms with Gasteiger partial charge in [0.2, 0.25) is 0 Å². The van der Waals surface area contributed by atoms with Gasteiger partial charge in [0.05, 0.1) is 16.8 Å². The van der Waals surface area contributed by atoms with Gasteiger partial charge in [-0.1, -0.05) is 81.6 Å². The highest BCUT2D eigenvalue weighted by atomic mass is 16.1. The number of pyridine rings is 1. The van der Waals surface area contributed by atoms with Gasteiger partial charge in [0.15, 0.2) is 0 Å². The van der Waals surface area contributed by atoms with Crippen LogP contribution >= 0.6 is 0 Å². The zero-order chi connectivity index (χ0) is 26.9. The Balaban J connectivity index is 1.70. The summed E-state index contributed by atoms with van der Waals surface area (Å²) >= 11 is 0. The van der Waals surface area contributed by atoms with E-state index in [2.05, 4.69) is 73.3 Å². The minimum Gasteiger partial charge on any atom is -0.349 e. The monoisotopic (exact) mass is 514 g/mol. The van der Waals surface area contributed by atoms with Gasteiger partial charge in [0.1, 0.15) is 0 Å². The molecule has 0 unspecified atom stereocenters. The number of aromatic nitrogens is 1. The predicted octanol–water partition coefficient (Wildman–Crippen LogP) is 6.76. The van der Waals surface area contributed by atoms with Crippen molar-refractivity contribution in [1.82, 2.24) is 20.1 Å². The van der Waals surface area contributed by atoms with Crippen LogP contribution in [-0.4, -0.2) is 60.0 Å². The van der Waals surface area contributed by atoms with Crippen LogP contribution in [0, 0.1) is 5.92 Å². The van der Waals surface area contributed by atoms with Crippen LogP contribution in [0.1, 0.15) is 75.2 Å². The van der Waals surface area contributed by atoms with Gasteiger partial charge in [-0.05, 0) is 71.4 Å². The summed E-state index contributed by atoms with van der Waals surface area (Å²) in [6.45, 7) is 11.5. The SMILES string of the molecule is CCN(CC)CCCN(C)Cc1c(-c2ccccc2)nc2ccccc2c1C(=O)N[C@@H](C)C1CCCCC1. The van der Waals surface area contributed by atoms with Crippen molar-refractivity contribution in [3.63, 3.8) is 0 Å². The first-order valence-corrected chi connectivity index (χ1v) is 14.7. The highest BCUT2D eigenvalue weighted by Crippen LogP contribution is 2.32. The Bertz CT molecular complexity index is 1170. The number of rotatable bonds is 12. The van der Waals surface area contributed by atoms with Crippen LogP contribution in [0.4, 0.5) is 0 Å². The van der Waals surface area contributed by atoms with Crippen LogP contribution < -0.4 is 5.32 Å². The lowest BCUT2D eigenvalue weighted by atomic mass is 9.84. The molecule has 1 amide bonds. The molecule has 1 N–H and O–H groups in total. The maximum atomic E-state index is 14.1. The van der Waals surface area contributed by atoms with E-state index in [0.29, 0.717) is 12.5 Å². The topological polar surface area (TPSA) is 48.5 Å². The fourth-order valence-corrected chi connectivity index (χ4v) is 5.98. The Labute approximate surface area is 229 Å². The highest BCUT2D eigenvalue weighted by Gasteiger charge is 2.26. The van der Waals surface area contributed by atoms with E-state index in [1.807, 2.05) is 24.3 Å². The molecular formula is C33H46N4O. The van der Waals surface area contributed by atoms with Crippen molar-refractivity contribution in [3.8, 4) is 11.3 Å². The van der Waals surface area contributed by atoms with Crippen LogP contribution in [-0.2, 0) is 6.54 Å². The van der Waals surface area contributed by atoms with E-state index < -0.39 is 0 Å². The molecule has 1 aromatic heterocycles. The van der Waals surface area contributed by atoms with Gasteiger partial charge in [-0.3, -0.25) is 4.79 Å². The molecule has 4 rings (SSSR count). The average Bonchev–Trinajstić information content (AvgIpc) is 2.95. The van der Waals surface area contributed by atoms with Gasteiger partial charge in [-0.2, -0.15) is 0 Å². The number of amides is 1. The van der Waals surface area contributed by atoms with E-state index in [-0.39, 0.29) is 11.9 Å². The molecule has 1 aliphatic carbocycles. The molecule has 0 bridgehead atoms. The molecule has 0 saturated heterocycles. The standard InChI is InChI=1S/C33H46N4O/c1-5-37(6-2)23-15-22-36(4)24-29-31(33(38)34-25(3)26-16-9-7-10-17-26)28-20-13-14-21-30(28)35-32(29)27-18-11-8-12-19-27/h8,11-14,18-21,25-26H,5-7,9-10,15-17,22-24H2,1-4H3,(H,34,38)/t25-/m0/s1. The minimum atomic E-state index is 0.0328. The number of hydrogen-bond acceptors (Lipinski definition) is 4. The van der Waals surface area contributed by atoms with E-state index in [4.69, 9.17) is 4.98 Å². The number of carbonyl (C=O) groups is 1. The van der Waals surface area contributed by atoms with Crippen LogP contribution in [0.15, 0.2) is 54.6 Å². The number of nitrogens with zero attached hydrogens (tertiary/aromatic N) is 3. The second-order valence-corrected chi connectivity index (χ2v) is 11.0. The number of para-hydroxylation sites is 1. The molecule has 38 heavy (non-hydrogen) atoms. The van der Waals surface area contributed by atoms with E-state index in [9.17, 15) is 4.79 Å². The number of fused-ring (bicyclic) bond motifs is 1. The smallest absolute Gasteiger partial charge is 0.252 e. The summed E-state index contributed by atoms with van der Waals surface area (Å²) in [5.41, 5.74) is 4.64. The summed E-state index contributed by atoms with van der Waals surface area (Å²) in [5, 5.41) is 4.37. The van der Waals surface area contributed by atoms with E-state index >= 15 is 0 Å². The maximum absolute atomic E-state index is 14.1. The van der Waals surface area contributed by atoms with Crippen molar-refractivity contribution < 1.29 is 4.79 Å². The first-order chi connectivity index (χ1) is 18.5. The molecule has 1 saturated carbocycles. The normalized spacial score (nSPS) is 15.3. The lowest BCUT2D eigenvalue weighted by molar-refractivity contribution is 0.0919. The molecule has 1 aliphatic rings. The number of nitrogens with one attached hydrogen (secondary N) is 1. The Morgan fingerprint density at radius 3 is 2.37 bits per heavy atom. The third-order valence-electron chi connectivity index (χ3n) is 8.32. The van der Waals surface area contributed by atoms with Gasteiger partial charge in [-0.25, -0.2) is 4.98 Å². The lowest BCUT2D eigenvalue weighted by Gasteiger charge is -2.29. The molecule has 204 valence electrons. The third kappa shape index (κ3) is 7.00. The van der Waals surface area contributed by atoms with Gasteiger partial charge in [-0.15, -0.1) is 0 Å². The summed E-state index contributed by atoms with van der Waals surface area (Å²) in [6, 6.07) is 18.6. The Morgan fingerprint density at radius 2 is 1.66 bits per heavy atom. The fraction of sp³-hybridized carbons (Fsp3) is 0.515. The van der Waals surface area contributed by atoms with Crippen molar-refractivity contribution in [3.05, 3.63) is 65.7 Å². The largest absolute Gasteiger partial charge is 0.349 e. The summed E-state index contributed by atoms with van der Waals surface area (Å²) in [6.07, 6.45) is 7.36. The molecule has 3 aromatic rings. The average molecular weight is 515 g/mol. The quantitative estimate of drug-likeness (QED) is 0.290. The van der Waals surface area contributed by atoms with Crippen LogP contribution in [0.2, 0.25) is 0 Å². The fourth-order valence-electron chi connectivity index (χ4n) is 5.98. The number of hydrogen-bond donors (Lipinski definition) is 1. The van der Waals surface area contributed by atoms with Gasteiger partial charge in [0.25, 0.3) is 5.91 Å². The van der Waals surface area contributed by atoms with Crippen LogP contribution in [0.3, 0.4) is 0 Å². The molecule has 1 atom stereocenters. The molecule has 5 heteroatoms. The molecular weight excluding hydrogens is 468 g/mol. The Kier molecular flexibility index (Phi) is 10.3. The van der Waals surface area contributed by atoms with Crippen LogP contribution in [0.5, 0.6) is 0 Å².